The van der Waals surface area contributed by atoms with Crippen molar-refractivity contribution < 1.29 is 4.74 Å². The van der Waals surface area contributed by atoms with Gasteiger partial charge in [0, 0.05) is 19.2 Å². The molecule has 1 fully saturated rings. The van der Waals surface area contributed by atoms with E-state index in [2.05, 4.69) is 12.2 Å². The van der Waals surface area contributed by atoms with Gasteiger partial charge >= 0.3 is 0 Å². The van der Waals surface area contributed by atoms with E-state index < -0.39 is 0 Å². The van der Waals surface area contributed by atoms with Gasteiger partial charge in [0.25, 0.3) is 0 Å². The number of rotatable bonds is 6. The molecule has 0 radical (unpaired) electrons. The number of hydrogen-bond donors (Lipinski definition) is 2. The highest BCUT2D eigenvalue weighted by molar-refractivity contribution is 4.66. The van der Waals surface area contributed by atoms with Crippen LogP contribution in [0.15, 0.2) is 0 Å². The fourth-order valence-corrected chi connectivity index (χ4v) is 1.60. The van der Waals surface area contributed by atoms with Gasteiger partial charge in [-0.15, -0.1) is 0 Å². The van der Waals surface area contributed by atoms with Crippen molar-refractivity contribution in [2.75, 3.05) is 26.3 Å². The Morgan fingerprint density at radius 1 is 1.62 bits per heavy atom. The monoisotopic (exact) mass is 186 g/mol. The highest BCUT2D eigenvalue weighted by atomic mass is 16.5. The van der Waals surface area contributed by atoms with Crippen LogP contribution in [0.3, 0.4) is 0 Å². The quantitative estimate of drug-likeness (QED) is 0.601. The van der Waals surface area contributed by atoms with Gasteiger partial charge < -0.3 is 15.8 Å². The number of hydrogen-bond acceptors (Lipinski definition) is 3. The molecule has 13 heavy (non-hydrogen) atoms. The highest BCUT2D eigenvalue weighted by Gasteiger charge is 2.14. The smallest absolute Gasteiger partial charge is 0.0507 e. The number of nitrogens with one attached hydrogen (secondary N) is 1. The van der Waals surface area contributed by atoms with Gasteiger partial charge in [-0.1, -0.05) is 0 Å². The molecule has 0 aromatic carbocycles. The van der Waals surface area contributed by atoms with Crippen LogP contribution in [0.2, 0.25) is 0 Å². The standard InChI is InChI=1S/C10H22N2O/c1-9(11)3-2-5-12-7-10-4-6-13-8-10/h9-10,12H,2-8,11H2,1H3. The van der Waals surface area contributed by atoms with Crippen LogP contribution in [-0.2, 0) is 4.74 Å². The van der Waals surface area contributed by atoms with Crippen LogP contribution < -0.4 is 11.1 Å². The van der Waals surface area contributed by atoms with Crippen LogP contribution in [-0.4, -0.2) is 32.3 Å². The molecule has 3 N–H and O–H groups in total. The molecule has 0 amide bonds. The second-order valence-corrected chi connectivity index (χ2v) is 4.05. The van der Waals surface area contributed by atoms with Crippen molar-refractivity contribution in [3.8, 4) is 0 Å². The Labute approximate surface area is 81.0 Å². The van der Waals surface area contributed by atoms with Crippen LogP contribution in [0.5, 0.6) is 0 Å². The minimum Gasteiger partial charge on any atom is -0.381 e. The van der Waals surface area contributed by atoms with E-state index in [0.29, 0.717) is 6.04 Å². The van der Waals surface area contributed by atoms with Crippen molar-refractivity contribution in [2.24, 2.45) is 11.7 Å². The first-order valence-electron chi connectivity index (χ1n) is 5.33. The normalized spacial score (nSPS) is 24.9. The van der Waals surface area contributed by atoms with Crippen LogP contribution in [0, 0.1) is 5.92 Å². The van der Waals surface area contributed by atoms with E-state index >= 15 is 0 Å². The Morgan fingerprint density at radius 2 is 2.46 bits per heavy atom. The van der Waals surface area contributed by atoms with Gasteiger partial charge in [-0.05, 0) is 38.6 Å². The Morgan fingerprint density at radius 3 is 3.08 bits per heavy atom. The van der Waals surface area contributed by atoms with Gasteiger partial charge in [0.2, 0.25) is 0 Å². The SMILES string of the molecule is CC(N)CCCNCC1CCOC1. The summed E-state index contributed by atoms with van der Waals surface area (Å²) in [6.45, 7) is 6.16. The average Bonchev–Trinajstić information content (AvgIpc) is 2.55. The Kier molecular flexibility index (Phi) is 5.35. The van der Waals surface area contributed by atoms with Crippen molar-refractivity contribution >= 4 is 0 Å². The summed E-state index contributed by atoms with van der Waals surface area (Å²) in [4.78, 5) is 0. The van der Waals surface area contributed by atoms with E-state index in [4.69, 9.17) is 10.5 Å². The highest BCUT2D eigenvalue weighted by Crippen LogP contribution is 2.10. The summed E-state index contributed by atoms with van der Waals surface area (Å²) in [5.41, 5.74) is 5.65. The second kappa shape index (κ2) is 6.35. The Balaban J connectivity index is 1.83. The summed E-state index contributed by atoms with van der Waals surface area (Å²) in [6, 6.07) is 0.344. The number of ether oxygens (including phenoxy) is 1. The number of nitrogens with two attached hydrogens (primary N) is 1. The van der Waals surface area contributed by atoms with Gasteiger partial charge in [-0.25, -0.2) is 0 Å². The molecule has 2 unspecified atom stereocenters. The average molecular weight is 186 g/mol. The van der Waals surface area contributed by atoms with Crippen molar-refractivity contribution in [3.05, 3.63) is 0 Å². The van der Waals surface area contributed by atoms with E-state index in [1.54, 1.807) is 0 Å². The predicted molar refractivity (Wildman–Crippen MR) is 54.7 cm³/mol. The van der Waals surface area contributed by atoms with E-state index in [9.17, 15) is 0 Å². The molecule has 0 aromatic rings. The van der Waals surface area contributed by atoms with Crippen LogP contribution >= 0.6 is 0 Å². The first kappa shape index (κ1) is 11.0. The first-order chi connectivity index (χ1) is 6.29. The molecule has 0 spiro atoms. The molecule has 0 aliphatic carbocycles. The van der Waals surface area contributed by atoms with Crippen LogP contribution in [0.4, 0.5) is 0 Å². The summed E-state index contributed by atoms with van der Waals surface area (Å²) in [5, 5.41) is 3.45. The molecule has 1 rings (SSSR count). The third-order valence-electron chi connectivity index (χ3n) is 2.47. The molecular formula is C10H22N2O. The largest absolute Gasteiger partial charge is 0.381 e. The summed E-state index contributed by atoms with van der Waals surface area (Å²) < 4.78 is 5.29. The fourth-order valence-electron chi connectivity index (χ4n) is 1.60. The van der Waals surface area contributed by atoms with E-state index in [0.717, 1.165) is 38.6 Å². The lowest BCUT2D eigenvalue weighted by molar-refractivity contribution is 0.185. The molecule has 1 aliphatic rings. The third-order valence-corrected chi connectivity index (χ3v) is 2.47. The van der Waals surface area contributed by atoms with Crippen molar-refractivity contribution in [3.63, 3.8) is 0 Å². The zero-order valence-electron chi connectivity index (χ0n) is 8.59. The molecular weight excluding hydrogens is 164 g/mol. The zero-order valence-corrected chi connectivity index (χ0v) is 8.59. The Bertz CT molecular complexity index is 122. The van der Waals surface area contributed by atoms with Crippen LogP contribution in [0.25, 0.3) is 0 Å². The lowest BCUT2D eigenvalue weighted by atomic mass is 10.1. The minimum atomic E-state index is 0.344. The zero-order chi connectivity index (χ0) is 9.52. The molecule has 0 aromatic heterocycles. The van der Waals surface area contributed by atoms with Gasteiger partial charge in [0.05, 0.1) is 6.61 Å². The minimum absolute atomic E-state index is 0.344. The van der Waals surface area contributed by atoms with E-state index in [1.165, 1.54) is 12.8 Å². The third kappa shape index (κ3) is 5.24. The molecule has 1 saturated heterocycles. The summed E-state index contributed by atoms with van der Waals surface area (Å²) >= 11 is 0. The lowest BCUT2D eigenvalue weighted by Crippen LogP contribution is -2.25. The van der Waals surface area contributed by atoms with Gasteiger partial charge in [-0.3, -0.25) is 0 Å². The van der Waals surface area contributed by atoms with Crippen molar-refractivity contribution in [1.29, 1.82) is 0 Å². The molecule has 1 heterocycles. The topological polar surface area (TPSA) is 47.3 Å². The molecule has 1 aliphatic heterocycles. The molecule has 0 saturated carbocycles. The maximum atomic E-state index is 5.65. The van der Waals surface area contributed by atoms with Gasteiger partial charge in [0.1, 0.15) is 0 Å². The molecule has 78 valence electrons. The maximum Gasteiger partial charge on any atom is 0.0507 e. The van der Waals surface area contributed by atoms with Gasteiger partial charge in [0.15, 0.2) is 0 Å². The van der Waals surface area contributed by atoms with E-state index in [-0.39, 0.29) is 0 Å². The lowest BCUT2D eigenvalue weighted by Gasteiger charge is -2.09. The van der Waals surface area contributed by atoms with E-state index in [1.807, 2.05) is 0 Å². The first-order valence-corrected chi connectivity index (χ1v) is 5.33. The summed E-state index contributed by atoms with van der Waals surface area (Å²) in [6.07, 6.45) is 3.53. The fraction of sp³-hybridized carbons (Fsp3) is 1.00. The summed E-state index contributed by atoms with van der Waals surface area (Å²) in [5.74, 6) is 0.746. The van der Waals surface area contributed by atoms with Crippen molar-refractivity contribution in [1.82, 2.24) is 5.32 Å². The summed E-state index contributed by atoms with van der Waals surface area (Å²) in [7, 11) is 0. The van der Waals surface area contributed by atoms with Gasteiger partial charge in [-0.2, -0.15) is 0 Å². The maximum absolute atomic E-state index is 5.65. The Hall–Kier alpha value is -0.120. The molecule has 3 heteroatoms. The van der Waals surface area contributed by atoms with Crippen LogP contribution in [0.1, 0.15) is 26.2 Å². The molecule has 2 atom stereocenters. The molecule has 0 bridgehead atoms. The molecule has 3 nitrogen and oxygen atoms in total. The van der Waals surface area contributed by atoms with Crippen molar-refractivity contribution in [2.45, 2.75) is 32.2 Å². The second-order valence-electron chi connectivity index (χ2n) is 4.05. The predicted octanol–water partition coefficient (Wildman–Crippen LogP) is 0.740.